The summed E-state index contributed by atoms with van der Waals surface area (Å²) in [4.78, 5) is 0. The molecule has 0 saturated heterocycles. The van der Waals surface area contributed by atoms with Crippen molar-refractivity contribution in [2.45, 2.75) is 26.3 Å². The molecule has 0 amide bonds. The Morgan fingerprint density at radius 3 is 2.53 bits per heavy atom. The van der Waals surface area contributed by atoms with Crippen molar-refractivity contribution >= 4 is 9.84 Å². The van der Waals surface area contributed by atoms with Crippen LogP contribution in [0.15, 0.2) is 24.3 Å². The third-order valence-electron chi connectivity index (χ3n) is 2.80. The Morgan fingerprint density at radius 1 is 1.29 bits per heavy atom. The van der Waals surface area contributed by atoms with Crippen LogP contribution in [0, 0.1) is 6.92 Å². The normalized spacial score (nSPS) is 13.6. The Labute approximate surface area is 104 Å². The fourth-order valence-corrected chi connectivity index (χ4v) is 2.50. The van der Waals surface area contributed by atoms with Gasteiger partial charge >= 0.3 is 0 Å². The Balaban J connectivity index is 2.41. The van der Waals surface area contributed by atoms with E-state index in [1.807, 2.05) is 12.1 Å². The molecule has 0 aliphatic rings. The molecule has 0 fully saturated rings. The molecular weight excluding hydrogens is 234 g/mol. The first-order chi connectivity index (χ1) is 7.90. The second-order valence-electron chi connectivity index (χ2n) is 4.52. The molecule has 1 aromatic carbocycles. The molecule has 0 radical (unpaired) electrons. The van der Waals surface area contributed by atoms with Gasteiger partial charge in [0.05, 0.1) is 5.75 Å². The van der Waals surface area contributed by atoms with Gasteiger partial charge in [0.25, 0.3) is 0 Å². The second kappa shape index (κ2) is 6.17. The summed E-state index contributed by atoms with van der Waals surface area (Å²) in [5.74, 6) is 0.250. The molecule has 96 valence electrons. The molecule has 0 aromatic heterocycles. The van der Waals surface area contributed by atoms with E-state index >= 15 is 0 Å². The smallest absolute Gasteiger partial charge is 0.147 e. The number of benzene rings is 1. The fraction of sp³-hybridized carbons (Fsp3) is 0.538. The topological polar surface area (TPSA) is 46.2 Å². The van der Waals surface area contributed by atoms with Gasteiger partial charge in [-0.1, -0.05) is 24.3 Å². The molecule has 1 rings (SSSR count). The van der Waals surface area contributed by atoms with Gasteiger partial charge in [-0.25, -0.2) is 8.42 Å². The molecule has 0 aliphatic carbocycles. The van der Waals surface area contributed by atoms with Crippen LogP contribution in [0.2, 0.25) is 0 Å². The van der Waals surface area contributed by atoms with Crippen LogP contribution in [0.25, 0.3) is 0 Å². The van der Waals surface area contributed by atoms with Gasteiger partial charge in [0.1, 0.15) is 9.84 Å². The van der Waals surface area contributed by atoms with Gasteiger partial charge in [0.2, 0.25) is 0 Å². The van der Waals surface area contributed by atoms with Crippen molar-refractivity contribution in [2.75, 3.05) is 18.6 Å². The molecule has 0 bridgehead atoms. The molecule has 4 heteroatoms. The van der Waals surface area contributed by atoms with E-state index in [2.05, 4.69) is 31.3 Å². The summed E-state index contributed by atoms with van der Waals surface area (Å²) in [6, 6.07) is 8.50. The minimum atomic E-state index is -2.83. The molecule has 0 saturated carbocycles. The number of hydrogen-bond acceptors (Lipinski definition) is 3. The molecule has 17 heavy (non-hydrogen) atoms. The average molecular weight is 255 g/mol. The maximum absolute atomic E-state index is 11.0. The maximum atomic E-state index is 11.0. The van der Waals surface area contributed by atoms with Gasteiger partial charge in [-0.15, -0.1) is 0 Å². The largest absolute Gasteiger partial charge is 0.310 e. The molecule has 0 spiro atoms. The average Bonchev–Trinajstić information content (AvgIpc) is 2.23. The fourth-order valence-electron chi connectivity index (χ4n) is 1.84. The van der Waals surface area contributed by atoms with Crippen LogP contribution in [-0.4, -0.2) is 27.0 Å². The summed E-state index contributed by atoms with van der Waals surface area (Å²) in [6.07, 6.45) is 1.94. The highest BCUT2D eigenvalue weighted by Crippen LogP contribution is 2.16. The Morgan fingerprint density at radius 2 is 1.94 bits per heavy atom. The predicted octanol–water partition coefficient (Wildman–Crippen LogP) is 2.08. The van der Waals surface area contributed by atoms with Crippen molar-refractivity contribution in [3.8, 4) is 0 Å². The predicted molar refractivity (Wildman–Crippen MR) is 71.9 cm³/mol. The molecule has 0 heterocycles. The Hall–Kier alpha value is -0.870. The van der Waals surface area contributed by atoms with Gasteiger partial charge in [-0.3, -0.25) is 0 Å². The van der Waals surface area contributed by atoms with E-state index in [0.717, 1.165) is 6.54 Å². The van der Waals surface area contributed by atoms with Crippen LogP contribution in [0.1, 0.15) is 30.5 Å². The third kappa shape index (κ3) is 5.33. The van der Waals surface area contributed by atoms with E-state index < -0.39 is 9.84 Å². The quantitative estimate of drug-likeness (QED) is 0.792. The highest BCUT2D eigenvalue weighted by Gasteiger charge is 2.07. The zero-order valence-electron chi connectivity index (χ0n) is 10.7. The lowest BCUT2D eigenvalue weighted by atomic mass is 10.0. The van der Waals surface area contributed by atoms with E-state index in [0.29, 0.717) is 6.42 Å². The molecular formula is C13H21NO2S. The van der Waals surface area contributed by atoms with E-state index in [1.54, 1.807) is 0 Å². The lowest BCUT2D eigenvalue weighted by molar-refractivity contribution is 0.560. The molecule has 1 N–H and O–H groups in total. The van der Waals surface area contributed by atoms with E-state index in [-0.39, 0.29) is 11.8 Å². The molecule has 0 aliphatic heterocycles. The summed E-state index contributed by atoms with van der Waals surface area (Å²) in [7, 11) is -2.83. The van der Waals surface area contributed by atoms with Crippen LogP contribution in [0.4, 0.5) is 0 Å². The maximum Gasteiger partial charge on any atom is 0.147 e. The van der Waals surface area contributed by atoms with E-state index in [4.69, 9.17) is 0 Å². The first kappa shape index (κ1) is 14.2. The van der Waals surface area contributed by atoms with E-state index in [9.17, 15) is 8.42 Å². The summed E-state index contributed by atoms with van der Waals surface area (Å²) in [5, 5.41) is 3.35. The molecule has 1 unspecified atom stereocenters. The summed E-state index contributed by atoms with van der Waals surface area (Å²) >= 11 is 0. The van der Waals surface area contributed by atoms with Crippen LogP contribution in [0.5, 0.6) is 0 Å². The van der Waals surface area contributed by atoms with Gasteiger partial charge in [0, 0.05) is 12.3 Å². The highest BCUT2D eigenvalue weighted by molar-refractivity contribution is 7.90. The number of rotatable bonds is 6. The number of sulfone groups is 1. The van der Waals surface area contributed by atoms with Gasteiger partial charge in [-0.2, -0.15) is 0 Å². The monoisotopic (exact) mass is 255 g/mol. The van der Waals surface area contributed by atoms with E-state index in [1.165, 1.54) is 17.4 Å². The van der Waals surface area contributed by atoms with Crippen molar-refractivity contribution in [3.63, 3.8) is 0 Å². The first-order valence-electron chi connectivity index (χ1n) is 5.87. The van der Waals surface area contributed by atoms with Crippen molar-refractivity contribution in [2.24, 2.45) is 0 Å². The SMILES string of the molecule is Cc1ccccc1C(C)NCCCS(C)(=O)=O. The van der Waals surface area contributed by atoms with Crippen LogP contribution in [-0.2, 0) is 9.84 Å². The summed E-state index contributed by atoms with van der Waals surface area (Å²) in [6.45, 7) is 4.91. The van der Waals surface area contributed by atoms with Gasteiger partial charge in [-0.05, 0) is 37.9 Å². The standard InChI is InChI=1S/C13H21NO2S/c1-11-7-4-5-8-13(11)12(2)14-9-6-10-17(3,15)16/h4-5,7-8,12,14H,6,9-10H2,1-3H3. The van der Waals surface area contributed by atoms with Crippen molar-refractivity contribution in [1.29, 1.82) is 0 Å². The highest BCUT2D eigenvalue weighted by atomic mass is 32.2. The molecule has 3 nitrogen and oxygen atoms in total. The summed E-state index contributed by atoms with van der Waals surface area (Å²) in [5.41, 5.74) is 2.53. The third-order valence-corrected chi connectivity index (χ3v) is 3.83. The Kier molecular flexibility index (Phi) is 5.15. The second-order valence-corrected chi connectivity index (χ2v) is 6.78. The van der Waals surface area contributed by atoms with Crippen molar-refractivity contribution in [3.05, 3.63) is 35.4 Å². The van der Waals surface area contributed by atoms with Crippen molar-refractivity contribution < 1.29 is 8.42 Å². The number of aryl methyl sites for hydroxylation is 1. The molecule has 1 atom stereocenters. The zero-order valence-corrected chi connectivity index (χ0v) is 11.5. The number of nitrogens with one attached hydrogen (secondary N) is 1. The van der Waals surface area contributed by atoms with Gasteiger partial charge < -0.3 is 5.32 Å². The van der Waals surface area contributed by atoms with Crippen LogP contribution in [0.3, 0.4) is 0 Å². The van der Waals surface area contributed by atoms with Crippen molar-refractivity contribution in [1.82, 2.24) is 5.32 Å². The van der Waals surface area contributed by atoms with Crippen LogP contribution < -0.4 is 5.32 Å². The minimum Gasteiger partial charge on any atom is -0.310 e. The summed E-state index contributed by atoms with van der Waals surface area (Å²) < 4.78 is 21.9. The first-order valence-corrected chi connectivity index (χ1v) is 7.93. The minimum absolute atomic E-state index is 0.250. The van der Waals surface area contributed by atoms with Gasteiger partial charge in [0.15, 0.2) is 0 Å². The Bertz CT molecular complexity index is 454. The van der Waals surface area contributed by atoms with Crippen LogP contribution >= 0.6 is 0 Å². The number of hydrogen-bond donors (Lipinski definition) is 1. The molecule has 1 aromatic rings. The lowest BCUT2D eigenvalue weighted by Crippen LogP contribution is -2.22. The lowest BCUT2D eigenvalue weighted by Gasteiger charge is -2.16. The zero-order chi connectivity index (χ0) is 12.9.